The summed E-state index contributed by atoms with van der Waals surface area (Å²) in [6.07, 6.45) is 0. The first-order valence-electron chi connectivity index (χ1n) is 5.27. The van der Waals surface area contributed by atoms with Gasteiger partial charge in [0.1, 0.15) is 0 Å². The minimum atomic E-state index is -0.464. The molecule has 0 heterocycles. The second-order valence-corrected chi connectivity index (χ2v) is 4.92. The monoisotopic (exact) mass is 277 g/mol. The van der Waals surface area contributed by atoms with Gasteiger partial charge in [-0.15, -0.1) is 0 Å². The minimum Gasteiger partial charge on any atom is -0.258 e. The molecule has 7 heteroatoms. The van der Waals surface area contributed by atoms with Gasteiger partial charge in [-0.2, -0.15) is 0 Å². The van der Waals surface area contributed by atoms with Crippen LogP contribution in [0.2, 0.25) is 0 Å². The van der Waals surface area contributed by atoms with Crippen molar-refractivity contribution in [2.75, 3.05) is 0 Å². The summed E-state index contributed by atoms with van der Waals surface area (Å²) < 4.78 is 0. The summed E-state index contributed by atoms with van der Waals surface area (Å²) in [5.41, 5.74) is 0.0601. The molecule has 0 aliphatic heterocycles. The molecular formula is C12H9N2O4S+. The van der Waals surface area contributed by atoms with E-state index in [1.165, 1.54) is 24.3 Å². The van der Waals surface area contributed by atoms with Gasteiger partial charge in [-0.25, -0.2) is 0 Å². The van der Waals surface area contributed by atoms with Crippen LogP contribution in [-0.4, -0.2) is 9.85 Å². The molecule has 0 aliphatic carbocycles. The van der Waals surface area contributed by atoms with Gasteiger partial charge in [0, 0.05) is 42.1 Å². The molecule has 0 aromatic heterocycles. The van der Waals surface area contributed by atoms with Gasteiger partial charge in [-0.1, -0.05) is 6.07 Å². The standard InChI is InChI=1S/C12H8N2O4S/c15-13(16)9-4-6-11(7-5-9)19-12-3-1-2-10(8-12)14(17)18/h1-8H/p+1. The summed E-state index contributed by atoms with van der Waals surface area (Å²) in [5.74, 6) is 0. The van der Waals surface area contributed by atoms with Gasteiger partial charge in [0.05, 0.1) is 15.9 Å². The molecule has 2 aromatic carbocycles. The number of nitro benzene ring substituents is 2. The predicted octanol–water partition coefficient (Wildman–Crippen LogP) is 2.74. The van der Waals surface area contributed by atoms with Crippen molar-refractivity contribution in [3.05, 3.63) is 68.8 Å². The van der Waals surface area contributed by atoms with Crippen molar-refractivity contribution < 1.29 is 9.85 Å². The summed E-state index contributed by atoms with van der Waals surface area (Å²) in [6.45, 7) is 0. The zero-order valence-corrected chi connectivity index (χ0v) is 10.5. The van der Waals surface area contributed by atoms with Gasteiger partial charge in [0.25, 0.3) is 11.4 Å². The molecule has 0 spiro atoms. The molecule has 0 radical (unpaired) electrons. The van der Waals surface area contributed by atoms with E-state index < -0.39 is 9.85 Å². The Bertz CT molecular complexity index is 628. The lowest BCUT2D eigenvalue weighted by Crippen LogP contribution is -1.91. The third-order valence-corrected chi connectivity index (χ3v) is 3.45. The van der Waals surface area contributed by atoms with E-state index in [0.717, 1.165) is 21.6 Å². The molecule has 0 unspecified atom stereocenters. The highest BCUT2D eigenvalue weighted by atomic mass is 32.2. The quantitative estimate of drug-likeness (QED) is 0.372. The number of hydrogen-bond acceptors (Lipinski definition) is 4. The number of benzene rings is 2. The molecule has 19 heavy (non-hydrogen) atoms. The van der Waals surface area contributed by atoms with Gasteiger partial charge in [0.15, 0.2) is 9.79 Å². The Labute approximate surface area is 112 Å². The summed E-state index contributed by atoms with van der Waals surface area (Å²) in [7, 11) is 0. The Morgan fingerprint density at radius 3 is 2.00 bits per heavy atom. The van der Waals surface area contributed by atoms with E-state index in [4.69, 9.17) is 0 Å². The van der Waals surface area contributed by atoms with Crippen LogP contribution in [0, 0.1) is 20.2 Å². The topological polar surface area (TPSA) is 86.3 Å². The molecule has 0 bridgehead atoms. The van der Waals surface area contributed by atoms with Crippen molar-refractivity contribution in [3.8, 4) is 0 Å². The van der Waals surface area contributed by atoms with Crippen LogP contribution >= 0.6 is 0 Å². The first-order chi connectivity index (χ1) is 9.06. The van der Waals surface area contributed by atoms with Crippen molar-refractivity contribution in [2.24, 2.45) is 0 Å². The Hall–Kier alpha value is -2.41. The predicted molar refractivity (Wildman–Crippen MR) is 71.5 cm³/mol. The zero-order valence-electron chi connectivity index (χ0n) is 9.59. The van der Waals surface area contributed by atoms with Crippen LogP contribution in [0.15, 0.2) is 58.3 Å². The van der Waals surface area contributed by atoms with Crippen LogP contribution < -0.4 is 0 Å². The molecule has 0 atom stereocenters. The van der Waals surface area contributed by atoms with Crippen molar-refractivity contribution >= 4 is 23.1 Å². The van der Waals surface area contributed by atoms with Gasteiger partial charge in [-0.05, 0) is 6.07 Å². The van der Waals surface area contributed by atoms with Crippen molar-refractivity contribution in [1.82, 2.24) is 0 Å². The molecule has 6 nitrogen and oxygen atoms in total. The van der Waals surface area contributed by atoms with Crippen molar-refractivity contribution in [1.29, 1.82) is 0 Å². The molecule has 0 aliphatic rings. The highest BCUT2D eigenvalue weighted by Crippen LogP contribution is 2.20. The van der Waals surface area contributed by atoms with E-state index in [9.17, 15) is 20.2 Å². The highest BCUT2D eigenvalue weighted by molar-refractivity contribution is 7.78. The van der Waals surface area contributed by atoms with Crippen molar-refractivity contribution in [3.63, 3.8) is 0 Å². The first-order valence-corrected chi connectivity index (χ1v) is 6.16. The Kier molecular flexibility index (Phi) is 3.76. The van der Waals surface area contributed by atoms with E-state index in [1.54, 1.807) is 24.3 Å². The summed E-state index contributed by atoms with van der Waals surface area (Å²) in [4.78, 5) is 21.9. The lowest BCUT2D eigenvalue weighted by molar-refractivity contribution is -0.385. The zero-order chi connectivity index (χ0) is 13.8. The third kappa shape index (κ3) is 3.29. The maximum atomic E-state index is 10.7. The molecule has 0 N–H and O–H groups in total. The summed E-state index contributed by atoms with van der Waals surface area (Å²) >= 11 is 0.771. The molecule has 2 aromatic rings. The maximum Gasteiger partial charge on any atom is 0.274 e. The summed E-state index contributed by atoms with van der Waals surface area (Å²) in [5, 5.41) is 21.2. The number of non-ortho nitro benzene ring substituents is 2. The van der Waals surface area contributed by atoms with E-state index in [2.05, 4.69) is 0 Å². The fourth-order valence-corrected chi connectivity index (χ4v) is 2.43. The summed E-state index contributed by atoms with van der Waals surface area (Å²) in [6, 6.07) is 12.4. The number of thiol groups is 1. The Morgan fingerprint density at radius 2 is 1.42 bits per heavy atom. The Balaban J connectivity index is 2.19. The fourth-order valence-electron chi connectivity index (χ4n) is 1.47. The van der Waals surface area contributed by atoms with Gasteiger partial charge >= 0.3 is 0 Å². The van der Waals surface area contributed by atoms with Gasteiger partial charge in [0.2, 0.25) is 0 Å². The van der Waals surface area contributed by atoms with E-state index >= 15 is 0 Å². The maximum absolute atomic E-state index is 10.7. The largest absolute Gasteiger partial charge is 0.274 e. The number of nitrogens with zero attached hydrogens (tertiary/aromatic N) is 2. The number of nitro groups is 2. The van der Waals surface area contributed by atoms with Crippen LogP contribution in [0.5, 0.6) is 0 Å². The highest BCUT2D eigenvalue weighted by Gasteiger charge is 2.13. The van der Waals surface area contributed by atoms with Gasteiger partial charge < -0.3 is 0 Å². The van der Waals surface area contributed by atoms with Crippen LogP contribution in [-0.2, 0) is 11.8 Å². The number of rotatable bonds is 4. The molecule has 0 fully saturated rings. The molecule has 0 saturated carbocycles. The molecular weight excluding hydrogens is 268 g/mol. The van der Waals surface area contributed by atoms with E-state index in [0.29, 0.717) is 0 Å². The van der Waals surface area contributed by atoms with E-state index in [-0.39, 0.29) is 11.4 Å². The molecule has 0 saturated heterocycles. The van der Waals surface area contributed by atoms with Gasteiger partial charge in [-0.3, -0.25) is 20.2 Å². The smallest absolute Gasteiger partial charge is 0.258 e. The van der Waals surface area contributed by atoms with Crippen LogP contribution in [0.4, 0.5) is 11.4 Å². The van der Waals surface area contributed by atoms with Crippen LogP contribution in [0.1, 0.15) is 0 Å². The lowest BCUT2D eigenvalue weighted by Gasteiger charge is -1.94. The SMILES string of the molecule is O=[N+]([O-])c1ccc([SH+]c2cccc([N+](=O)[O-])c2)cc1. The van der Waals surface area contributed by atoms with E-state index in [1.807, 2.05) is 0 Å². The average Bonchev–Trinajstić information content (AvgIpc) is 2.39. The molecule has 96 valence electrons. The normalized spacial score (nSPS) is 10.1. The number of hydrogen-bond donors (Lipinski definition) is 0. The molecule has 0 amide bonds. The average molecular weight is 277 g/mol. The second kappa shape index (κ2) is 5.49. The Morgan fingerprint density at radius 1 is 0.789 bits per heavy atom. The van der Waals surface area contributed by atoms with Crippen molar-refractivity contribution in [2.45, 2.75) is 9.79 Å². The minimum absolute atomic E-state index is 0.0259. The lowest BCUT2D eigenvalue weighted by atomic mass is 10.3. The third-order valence-electron chi connectivity index (χ3n) is 2.36. The molecule has 2 rings (SSSR count). The first kappa shape index (κ1) is 13.0. The second-order valence-electron chi connectivity index (χ2n) is 3.66. The van der Waals surface area contributed by atoms with Crippen LogP contribution in [0.25, 0.3) is 0 Å². The fraction of sp³-hybridized carbons (Fsp3) is 0. The van der Waals surface area contributed by atoms with Crippen LogP contribution in [0.3, 0.4) is 0 Å².